The number of rotatable bonds is 5. The molecule has 15 heavy (non-hydrogen) atoms. The lowest BCUT2D eigenvalue weighted by molar-refractivity contribution is 0.112. The molecule has 0 saturated heterocycles. The molecule has 0 heterocycles. The molecule has 0 fully saturated rings. The molecule has 0 aromatic heterocycles. The molecule has 0 saturated carbocycles. The Morgan fingerprint density at radius 3 is 2.67 bits per heavy atom. The SMILES string of the molecule is CCCOc1ccc(C=O)cc1C(C)C. The van der Waals surface area contributed by atoms with E-state index in [2.05, 4.69) is 20.8 Å². The molecule has 0 N–H and O–H groups in total. The molecular formula is C13H18O2. The second-order valence-corrected chi connectivity index (χ2v) is 3.92. The molecule has 0 spiro atoms. The molecule has 0 unspecified atom stereocenters. The van der Waals surface area contributed by atoms with Crippen molar-refractivity contribution in [3.05, 3.63) is 29.3 Å². The van der Waals surface area contributed by atoms with Gasteiger partial charge in [-0.2, -0.15) is 0 Å². The Kier molecular flexibility index (Phi) is 4.35. The van der Waals surface area contributed by atoms with Crippen LogP contribution in [0.2, 0.25) is 0 Å². The fraction of sp³-hybridized carbons (Fsp3) is 0.462. The van der Waals surface area contributed by atoms with Crippen LogP contribution in [0.4, 0.5) is 0 Å². The Morgan fingerprint density at radius 2 is 2.13 bits per heavy atom. The van der Waals surface area contributed by atoms with Crippen LogP contribution in [-0.2, 0) is 0 Å². The van der Waals surface area contributed by atoms with Crippen molar-refractivity contribution in [3.63, 3.8) is 0 Å². The Balaban J connectivity index is 2.98. The minimum absolute atomic E-state index is 0.372. The minimum atomic E-state index is 0.372. The van der Waals surface area contributed by atoms with Gasteiger partial charge in [0.2, 0.25) is 0 Å². The second kappa shape index (κ2) is 5.54. The summed E-state index contributed by atoms with van der Waals surface area (Å²) in [7, 11) is 0. The standard InChI is InChI=1S/C13H18O2/c1-4-7-15-13-6-5-11(9-14)8-12(13)10(2)3/h5-6,8-10H,4,7H2,1-3H3. The van der Waals surface area contributed by atoms with E-state index < -0.39 is 0 Å². The molecule has 1 rings (SSSR count). The average molecular weight is 206 g/mol. The molecule has 0 aliphatic carbocycles. The zero-order valence-electron chi connectivity index (χ0n) is 9.62. The largest absolute Gasteiger partial charge is 0.493 e. The first-order valence-electron chi connectivity index (χ1n) is 5.41. The van der Waals surface area contributed by atoms with Crippen LogP contribution in [0.1, 0.15) is 49.0 Å². The fourth-order valence-electron chi connectivity index (χ4n) is 1.43. The Hall–Kier alpha value is -1.31. The van der Waals surface area contributed by atoms with E-state index in [1.165, 1.54) is 0 Å². The Morgan fingerprint density at radius 1 is 1.40 bits per heavy atom. The number of benzene rings is 1. The van der Waals surface area contributed by atoms with E-state index in [-0.39, 0.29) is 0 Å². The maximum Gasteiger partial charge on any atom is 0.150 e. The summed E-state index contributed by atoms with van der Waals surface area (Å²) < 4.78 is 5.63. The van der Waals surface area contributed by atoms with Crippen molar-refractivity contribution < 1.29 is 9.53 Å². The quantitative estimate of drug-likeness (QED) is 0.690. The molecule has 0 aliphatic rings. The molecule has 0 bridgehead atoms. The lowest BCUT2D eigenvalue weighted by atomic mass is 10.00. The van der Waals surface area contributed by atoms with Crippen molar-refractivity contribution in [1.29, 1.82) is 0 Å². The van der Waals surface area contributed by atoms with Gasteiger partial charge in [-0.05, 0) is 36.1 Å². The van der Waals surface area contributed by atoms with E-state index >= 15 is 0 Å². The van der Waals surface area contributed by atoms with Crippen LogP contribution in [0.3, 0.4) is 0 Å². The van der Waals surface area contributed by atoms with E-state index in [4.69, 9.17) is 4.74 Å². The van der Waals surface area contributed by atoms with Gasteiger partial charge in [0.05, 0.1) is 6.61 Å². The highest BCUT2D eigenvalue weighted by molar-refractivity contribution is 5.75. The lowest BCUT2D eigenvalue weighted by Crippen LogP contribution is -2.01. The lowest BCUT2D eigenvalue weighted by Gasteiger charge is -2.13. The van der Waals surface area contributed by atoms with Crippen molar-refractivity contribution in [2.24, 2.45) is 0 Å². The first kappa shape index (κ1) is 11.8. The van der Waals surface area contributed by atoms with Gasteiger partial charge in [-0.25, -0.2) is 0 Å². The van der Waals surface area contributed by atoms with Gasteiger partial charge < -0.3 is 4.74 Å². The van der Waals surface area contributed by atoms with Crippen molar-refractivity contribution >= 4 is 6.29 Å². The molecule has 0 atom stereocenters. The highest BCUT2D eigenvalue weighted by Crippen LogP contribution is 2.27. The molecule has 0 radical (unpaired) electrons. The molecule has 0 aliphatic heterocycles. The van der Waals surface area contributed by atoms with Crippen LogP contribution in [0.15, 0.2) is 18.2 Å². The molecule has 0 amide bonds. The fourth-order valence-corrected chi connectivity index (χ4v) is 1.43. The number of carbonyl (C=O) groups excluding carboxylic acids is 1. The number of ether oxygens (including phenoxy) is 1. The van der Waals surface area contributed by atoms with E-state index in [0.717, 1.165) is 30.6 Å². The first-order chi connectivity index (χ1) is 7.19. The number of aldehydes is 1. The predicted molar refractivity (Wildman–Crippen MR) is 61.7 cm³/mol. The monoisotopic (exact) mass is 206 g/mol. The van der Waals surface area contributed by atoms with Gasteiger partial charge in [0, 0.05) is 5.56 Å². The van der Waals surface area contributed by atoms with E-state index in [1.807, 2.05) is 12.1 Å². The Labute approximate surface area is 91.3 Å². The van der Waals surface area contributed by atoms with E-state index in [9.17, 15) is 4.79 Å². The summed E-state index contributed by atoms with van der Waals surface area (Å²) in [5, 5.41) is 0. The zero-order valence-corrected chi connectivity index (χ0v) is 9.62. The third-order valence-corrected chi connectivity index (χ3v) is 2.25. The van der Waals surface area contributed by atoms with Gasteiger partial charge >= 0.3 is 0 Å². The molecule has 1 aromatic rings. The normalized spacial score (nSPS) is 10.4. The van der Waals surface area contributed by atoms with Crippen LogP contribution in [0.5, 0.6) is 5.75 Å². The summed E-state index contributed by atoms with van der Waals surface area (Å²) in [6, 6.07) is 5.58. The van der Waals surface area contributed by atoms with Gasteiger partial charge in [-0.3, -0.25) is 4.79 Å². The molecule has 2 heteroatoms. The zero-order chi connectivity index (χ0) is 11.3. The molecule has 82 valence electrons. The highest BCUT2D eigenvalue weighted by atomic mass is 16.5. The number of hydrogen-bond acceptors (Lipinski definition) is 2. The number of carbonyl (C=O) groups is 1. The van der Waals surface area contributed by atoms with Crippen molar-refractivity contribution in [2.45, 2.75) is 33.1 Å². The van der Waals surface area contributed by atoms with Crippen molar-refractivity contribution in [1.82, 2.24) is 0 Å². The summed E-state index contributed by atoms with van der Waals surface area (Å²) in [4.78, 5) is 10.7. The summed E-state index contributed by atoms with van der Waals surface area (Å²) >= 11 is 0. The van der Waals surface area contributed by atoms with E-state index in [1.54, 1.807) is 6.07 Å². The summed E-state index contributed by atoms with van der Waals surface area (Å²) in [5.41, 5.74) is 1.82. The average Bonchev–Trinajstić information content (AvgIpc) is 2.26. The van der Waals surface area contributed by atoms with Crippen LogP contribution >= 0.6 is 0 Å². The van der Waals surface area contributed by atoms with Crippen molar-refractivity contribution in [2.75, 3.05) is 6.61 Å². The van der Waals surface area contributed by atoms with Gasteiger partial charge in [0.25, 0.3) is 0 Å². The third-order valence-electron chi connectivity index (χ3n) is 2.25. The van der Waals surface area contributed by atoms with Gasteiger partial charge in [0.1, 0.15) is 12.0 Å². The van der Waals surface area contributed by atoms with Crippen LogP contribution in [0.25, 0.3) is 0 Å². The second-order valence-electron chi connectivity index (χ2n) is 3.92. The molecule has 1 aromatic carbocycles. The topological polar surface area (TPSA) is 26.3 Å². The van der Waals surface area contributed by atoms with Gasteiger partial charge in [0.15, 0.2) is 0 Å². The smallest absolute Gasteiger partial charge is 0.150 e. The molecular weight excluding hydrogens is 188 g/mol. The Bertz CT molecular complexity index is 329. The predicted octanol–water partition coefficient (Wildman–Crippen LogP) is 3.41. The van der Waals surface area contributed by atoms with E-state index in [0.29, 0.717) is 11.5 Å². The highest BCUT2D eigenvalue weighted by Gasteiger charge is 2.08. The van der Waals surface area contributed by atoms with Crippen molar-refractivity contribution in [3.8, 4) is 5.75 Å². The summed E-state index contributed by atoms with van der Waals surface area (Å²) in [5.74, 6) is 1.27. The summed E-state index contributed by atoms with van der Waals surface area (Å²) in [6.07, 6.45) is 1.86. The van der Waals surface area contributed by atoms with Crippen LogP contribution in [0, 0.1) is 0 Å². The maximum atomic E-state index is 10.7. The van der Waals surface area contributed by atoms with Gasteiger partial charge in [-0.15, -0.1) is 0 Å². The number of hydrogen-bond donors (Lipinski definition) is 0. The maximum absolute atomic E-state index is 10.7. The third kappa shape index (κ3) is 3.08. The van der Waals surface area contributed by atoms with Crippen LogP contribution in [-0.4, -0.2) is 12.9 Å². The van der Waals surface area contributed by atoms with Gasteiger partial charge in [-0.1, -0.05) is 20.8 Å². The molecule has 2 nitrogen and oxygen atoms in total. The summed E-state index contributed by atoms with van der Waals surface area (Å²) in [6.45, 7) is 7.00. The minimum Gasteiger partial charge on any atom is -0.493 e. The van der Waals surface area contributed by atoms with Crippen LogP contribution < -0.4 is 4.74 Å². The first-order valence-corrected chi connectivity index (χ1v) is 5.41.